The number of benzene rings is 1. The number of ether oxygens (including phenoxy) is 2. The fourth-order valence-electron chi connectivity index (χ4n) is 2.23. The van der Waals surface area contributed by atoms with Gasteiger partial charge in [0.15, 0.2) is 5.13 Å². The summed E-state index contributed by atoms with van der Waals surface area (Å²) in [6.07, 6.45) is 0.0674. The van der Waals surface area contributed by atoms with Crippen molar-refractivity contribution in [3.8, 4) is 11.5 Å². The number of aromatic nitrogens is 3. The molecule has 1 aromatic carbocycles. The molecule has 0 unspecified atom stereocenters. The molecule has 0 aliphatic heterocycles. The largest absolute Gasteiger partial charge is 0.497 e. The zero-order chi connectivity index (χ0) is 20.1. The van der Waals surface area contributed by atoms with Crippen LogP contribution in [-0.4, -0.2) is 41.2 Å². The normalized spacial score (nSPS) is 10.4. The molecular formula is C17H17N5O4S2. The van der Waals surface area contributed by atoms with Crippen molar-refractivity contribution in [1.82, 2.24) is 15.2 Å². The molecule has 11 heteroatoms. The van der Waals surface area contributed by atoms with Crippen LogP contribution in [0.3, 0.4) is 0 Å². The van der Waals surface area contributed by atoms with Gasteiger partial charge in [-0.05, 0) is 19.1 Å². The van der Waals surface area contributed by atoms with Crippen molar-refractivity contribution in [2.45, 2.75) is 13.3 Å². The minimum atomic E-state index is -0.355. The van der Waals surface area contributed by atoms with Crippen LogP contribution in [0.25, 0.3) is 0 Å². The van der Waals surface area contributed by atoms with E-state index in [-0.39, 0.29) is 18.2 Å². The summed E-state index contributed by atoms with van der Waals surface area (Å²) in [6, 6.07) is 4.88. The van der Waals surface area contributed by atoms with Gasteiger partial charge in [0, 0.05) is 17.0 Å². The molecule has 3 aromatic rings. The lowest BCUT2D eigenvalue weighted by Crippen LogP contribution is -2.15. The number of thiazole rings is 1. The fourth-order valence-corrected chi connectivity index (χ4v) is 3.54. The lowest BCUT2D eigenvalue weighted by molar-refractivity contribution is -0.115. The summed E-state index contributed by atoms with van der Waals surface area (Å²) >= 11 is 2.53. The average Bonchev–Trinajstić information content (AvgIpc) is 3.29. The molecule has 9 nitrogen and oxygen atoms in total. The van der Waals surface area contributed by atoms with Gasteiger partial charge in [0.25, 0.3) is 5.91 Å². The molecule has 0 saturated heterocycles. The second kappa shape index (κ2) is 8.76. The average molecular weight is 419 g/mol. The fraction of sp³-hybridized carbons (Fsp3) is 0.235. The quantitative estimate of drug-likeness (QED) is 0.605. The molecular weight excluding hydrogens is 402 g/mol. The molecule has 0 aliphatic carbocycles. The van der Waals surface area contributed by atoms with Gasteiger partial charge in [-0.2, -0.15) is 0 Å². The highest BCUT2D eigenvalue weighted by molar-refractivity contribution is 7.15. The summed E-state index contributed by atoms with van der Waals surface area (Å²) in [6.45, 7) is 1.81. The van der Waals surface area contributed by atoms with E-state index in [4.69, 9.17) is 9.47 Å². The first-order valence-corrected chi connectivity index (χ1v) is 9.75. The molecule has 2 amide bonds. The van der Waals surface area contributed by atoms with Crippen LogP contribution in [-0.2, 0) is 11.2 Å². The zero-order valence-electron chi connectivity index (χ0n) is 15.3. The summed E-state index contributed by atoms with van der Waals surface area (Å²) in [5.74, 6) is 0.407. The highest BCUT2D eigenvalue weighted by Crippen LogP contribution is 2.24. The Kier molecular flexibility index (Phi) is 6.16. The van der Waals surface area contributed by atoms with Gasteiger partial charge in [-0.1, -0.05) is 11.3 Å². The summed E-state index contributed by atoms with van der Waals surface area (Å²) in [5.41, 5.74) is 0.916. The number of hydrogen-bond acceptors (Lipinski definition) is 9. The lowest BCUT2D eigenvalue weighted by Gasteiger charge is -2.08. The van der Waals surface area contributed by atoms with Crippen LogP contribution in [0.1, 0.15) is 21.1 Å². The Balaban J connectivity index is 1.62. The maximum Gasteiger partial charge on any atom is 0.257 e. The minimum absolute atomic E-state index is 0.0674. The molecule has 2 N–H and O–H groups in total. The first-order chi connectivity index (χ1) is 13.5. The summed E-state index contributed by atoms with van der Waals surface area (Å²) in [7, 11) is 3.02. The van der Waals surface area contributed by atoms with E-state index in [1.165, 1.54) is 36.9 Å². The Hall–Kier alpha value is -3.05. The molecule has 0 atom stereocenters. The highest BCUT2D eigenvalue weighted by atomic mass is 32.1. The zero-order valence-corrected chi connectivity index (χ0v) is 16.9. The van der Waals surface area contributed by atoms with Crippen LogP contribution in [0.2, 0.25) is 0 Å². The van der Waals surface area contributed by atoms with Crippen LogP contribution >= 0.6 is 22.7 Å². The van der Waals surface area contributed by atoms with Gasteiger partial charge >= 0.3 is 0 Å². The second-order valence-electron chi connectivity index (χ2n) is 5.55. The predicted molar refractivity (Wildman–Crippen MR) is 107 cm³/mol. The van der Waals surface area contributed by atoms with Crippen molar-refractivity contribution in [2.24, 2.45) is 0 Å². The van der Waals surface area contributed by atoms with Crippen molar-refractivity contribution >= 4 is 44.8 Å². The van der Waals surface area contributed by atoms with E-state index in [1.54, 1.807) is 30.5 Å². The number of rotatable bonds is 7. The Labute approximate surface area is 168 Å². The van der Waals surface area contributed by atoms with Gasteiger partial charge in [0.2, 0.25) is 11.0 Å². The van der Waals surface area contributed by atoms with Gasteiger partial charge in [-0.15, -0.1) is 21.5 Å². The monoisotopic (exact) mass is 419 g/mol. The maximum atomic E-state index is 12.5. The number of amides is 2. The molecule has 0 aliphatic rings. The third kappa shape index (κ3) is 5.02. The van der Waals surface area contributed by atoms with Crippen molar-refractivity contribution in [3.63, 3.8) is 0 Å². The minimum Gasteiger partial charge on any atom is -0.497 e. The number of carbonyl (C=O) groups excluding carboxylic acids is 2. The topological polar surface area (TPSA) is 115 Å². The third-order valence-electron chi connectivity index (χ3n) is 3.50. The van der Waals surface area contributed by atoms with Crippen molar-refractivity contribution in [3.05, 3.63) is 39.8 Å². The smallest absolute Gasteiger partial charge is 0.257 e. The molecule has 2 aromatic heterocycles. The van der Waals surface area contributed by atoms with Crippen LogP contribution in [0, 0.1) is 6.92 Å². The molecule has 0 bridgehead atoms. The van der Waals surface area contributed by atoms with E-state index < -0.39 is 0 Å². The van der Waals surface area contributed by atoms with E-state index in [1.807, 2.05) is 0 Å². The van der Waals surface area contributed by atoms with Crippen LogP contribution in [0.5, 0.6) is 11.5 Å². The van der Waals surface area contributed by atoms with E-state index in [0.717, 1.165) is 5.01 Å². The Morgan fingerprint density at radius 1 is 1.04 bits per heavy atom. The van der Waals surface area contributed by atoms with Crippen LogP contribution in [0.15, 0.2) is 23.6 Å². The van der Waals surface area contributed by atoms with Crippen LogP contribution < -0.4 is 20.1 Å². The van der Waals surface area contributed by atoms with Crippen molar-refractivity contribution in [2.75, 3.05) is 24.9 Å². The molecule has 0 saturated carbocycles. The highest BCUT2D eigenvalue weighted by Gasteiger charge is 2.14. The lowest BCUT2D eigenvalue weighted by atomic mass is 10.2. The SMILES string of the molecule is COc1cc(OC)cc(C(=O)Nc2nc(CC(=O)Nc3nnc(C)s3)cs2)c1. The van der Waals surface area contributed by atoms with Crippen molar-refractivity contribution < 1.29 is 19.1 Å². The van der Waals surface area contributed by atoms with Gasteiger partial charge in [0.05, 0.1) is 26.3 Å². The summed E-state index contributed by atoms with van der Waals surface area (Å²) in [5, 5.41) is 16.4. The molecule has 0 radical (unpaired) electrons. The van der Waals surface area contributed by atoms with E-state index in [9.17, 15) is 9.59 Å². The number of carbonyl (C=O) groups is 2. The predicted octanol–water partition coefficient (Wildman–Crippen LogP) is 2.75. The molecule has 0 spiro atoms. The number of methoxy groups -OCH3 is 2. The van der Waals surface area contributed by atoms with Gasteiger partial charge in [-0.3, -0.25) is 14.9 Å². The molecule has 2 heterocycles. The standard InChI is InChI=1S/C17H17N5O4S2/c1-9-21-22-17(28-9)19-14(23)6-11-8-27-16(18-11)20-15(24)10-4-12(25-2)7-13(5-10)26-3/h4-5,7-8H,6H2,1-3H3,(H,18,20,24)(H,19,22,23). The number of nitrogens with one attached hydrogen (secondary N) is 2. The molecule has 28 heavy (non-hydrogen) atoms. The Morgan fingerprint density at radius 2 is 1.75 bits per heavy atom. The summed E-state index contributed by atoms with van der Waals surface area (Å²) in [4.78, 5) is 28.8. The summed E-state index contributed by atoms with van der Waals surface area (Å²) < 4.78 is 10.3. The van der Waals surface area contributed by atoms with Gasteiger partial charge in [-0.25, -0.2) is 4.98 Å². The Bertz CT molecular complexity index is 979. The first kappa shape index (κ1) is 19.7. The van der Waals surface area contributed by atoms with E-state index in [2.05, 4.69) is 25.8 Å². The number of anilines is 2. The van der Waals surface area contributed by atoms with Crippen molar-refractivity contribution in [1.29, 1.82) is 0 Å². The molecule has 3 rings (SSSR count). The maximum absolute atomic E-state index is 12.5. The van der Waals surface area contributed by atoms with Gasteiger partial charge < -0.3 is 14.8 Å². The molecule has 0 fully saturated rings. The molecule has 146 valence electrons. The first-order valence-electron chi connectivity index (χ1n) is 8.05. The third-order valence-corrected chi connectivity index (χ3v) is 5.06. The number of nitrogens with zero attached hydrogens (tertiary/aromatic N) is 3. The van der Waals surface area contributed by atoms with E-state index >= 15 is 0 Å². The van der Waals surface area contributed by atoms with E-state index in [0.29, 0.717) is 33.0 Å². The second-order valence-corrected chi connectivity index (χ2v) is 7.59. The number of hydrogen-bond donors (Lipinski definition) is 2. The van der Waals surface area contributed by atoms with Gasteiger partial charge in [0.1, 0.15) is 16.5 Å². The number of aryl methyl sites for hydroxylation is 1. The Morgan fingerprint density at radius 3 is 2.36 bits per heavy atom. The van der Waals surface area contributed by atoms with Crippen LogP contribution in [0.4, 0.5) is 10.3 Å².